The van der Waals surface area contributed by atoms with Gasteiger partial charge in [0.2, 0.25) is 0 Å². The Morgan fingerprint density at radius 1 is 1.34 bits per heavy atom. The van der Waals surface area contributed by atoms with Gasteiger partial charge in [0.25, 0.3) is 0 Å². The number of aliphatic imine (C=N–C) groups is 1. The summed E-state index contributed by atoms with van der Waals surface area (Å²) in [4.78, 5) is 13.8. The lowest BCUT2D eigenvalue weighted by Gasteiger charge is -2.35. The molecule has 2 saturated heterocycles. The van der Waals surface area contributed by atoms with Crippen LogP contribution in [0, 0.1) is 0 Å². The highest BCUT2D eigenvalue weighted by atomic mass is 127. The Labute approximate surface area is 196 Å². The van der Waals surface area contributed by atoms with Gasteiger partial charge in [-0.3, -0.25) is 0 Å². The van der Waals surface area contributed by atoms with Crippen molar-refractivity contribution in [2.75, 3.05) is 51.8 Å². The molecule has 0 saturated carbocycles. The summed E-state index contributed by atoms with van der Waals surface area (Å²) < 4.78 is 11.9. The molecule has 0 aromatic carbocycles. The molecule has 7 nitrogen and oxygen atoms in total. The standard InChI is InChI=1S/C20H35N5O2S.HI/c1-4-21-19(22-13-16-15-28-20(23-16)24(2)3)25-10-8-17(9-11-25)27-14-18-7-5-6-12-26-18;/h15,17-18H,4-14H2,1-3H3,(H,21,22);1H. The maximum absolute atomic E-state index is 6.14. The van der Waals surface area contributed by atoms with Crippen molar-refractivity contribution < 1.29 is 9.47 Å². The summed E-state index contributed by atoms with van der Waals surface area (Å²) in [5.41, 5.74) is 1.02. The number of aromatic nitrogens is 1. The van der Waals surface area contributed by atoms with Crippen LogP contribution < -0.4 is 10.2 Å². The summed E-state index contributed by atoms with van der Waals surface area (Å²) >= 11 is 1.66. The molecular formula is C20H36IN5O2S. The minimum absolute atomic E-state index is 0. The fourth-order valence-corrected chi connectivity index (χ4v) is 4.32. The first-order valence-electron chi connectivity index (χ1n) is 10.5. The number of halogens is 1. The first kappa shape index (κ1) is 24.6. The van der Waals surface area contributed by atoms with E-state index in [4.69, 9.17) is 14.5 Å². The number of hydrogen-bond donors (Lipinski definition) is 1. The SMILES string of the molecule is CCNC(=NCc1csc(N(C)C)n1)N1CCC(OCC2CCCCO2)CC1.I. The number of hydrogen-bond acceptors (Lipinski definition) is 6. The number of ether oxygens (including phenoxy) is 2. The molecule has 2 aliphatic rings. The van der Waals surface area contributed by atoms with E-state index in [1.54, 1.807) is 11.3 Å². The highest BCUT2D eigenvalue weighted by Gasteiger charge is 2.23. The number of anilines is 1. The van der Waals surface area contributed by atoms with Gasteiger partial charge in [0, 0.05) is 45.7 Å². The van der Waals surface area contributed by atoms with E-state index in [0.29, 0.717) is 18.8 Å². The highest BCUT2D eigenvalue weighted by molar-refractivity contribution is 14.0. The normalized spacial score (nSPS) is 21.0. The van der Waals surface area contributed by atoms with Crippen LogP contribution in [0.4, 0.5) is 5.13 Å². The fourth-order valence-electron chi connectivity index (χ4n) is 3.57. The number of nitrogens with one attached hydrogen (secondary N) is 1. The average molecular weight is 538 g/mol. The van der Waals surface area contributed by atoms with Crippen LogP contribution in [0.15, 0.2) is 10.4 Å². The number of nitrogens with zero attached hydrogens (tertiary/aromatic N) is 4. The first-order chi connectivity index (χ1) is 13.7. The Morgan fingerprint density at radius 2 is 2.14 bits per heavy atom. The van der Waals surface area contributed by atoms with Crippen LogP contribution in [0.3, 0.4) is 0 Å². The molecule has 1 N–H and O–H groups in total. The molecule has 166 valence electrons. The molecule has 0 aliphatic carbocycles. The third-order valence-electron chi connectivity index (χ3n) is 5.18. The van der Waals surface area contributed by atoms with E-state index in [1.807, 2.05) is 19.0 Å². The van der Waals surface area contributed by atoms with E-state index in [1.165, 1.54) is 12.8 Å². The largest absolute Gasteiger partial charge is 0.376 e. The Kier molecular flexibility index (Phi) is 11.0. The number of likely N-dealkylation sites (tertiary alicyclic amines) is 1. The van der Waals surface area contributed by atoms with Gasteiger partial charge in [0.1, 0.15) is 0 Å². The van der Waals surface area contributed by atoms with Crippen molar-refractivity contribution in [1.82, 2.24) is 15.2 Å². The van der Waals surface area contributed by atoms with Crippen molar-refractivity contribution >= 4 is 46.4 Å². The summed E-state index contributed by atoms with van der Waals surface area (Å²) in [7, 11) is 4.03. The second-order valence-electron chi connectivity index (χ2n) is 7.69. The summed E-state index contributed by atoms with van der Waals surface area (Å²) in [5, 5.41) is 6.55. The molecule has 2 aliphatic heterocycles. The van der Waals surface area contributed by atoms with Gasteiger partial charge in [0.05, 0.1) is 31.1 Å². The Bertz CT molecular complexity index is 614. The van der Waals surface area contributed by atoms with Crippen LogP contribution in [0.5, 0.6) is 0 Å². The lowest BCUT2D eigenvalue weighted by molar-refractivity contribution is -0.0721. The van der Waals surface area contributed by atoms with Gasteiger partial charge in [-0.2, -0.15) is 0 Å². The van der Waals surface area contributed by atoms with Crippen LogP contribution in [0.2, 0.25) is 0 Å². The van der Waals surface area contributed by atoms with Gasteiger partial charge in [-0.25, -0.2) is 9.98 Å². The first-order valence-corrected chi connectivity index (χ1v) is 11.4. The predicted molar refractivity (Wildman–Crippen MR) is 131 cm³/mol. The van der Waals surface area contributed by atoms with Gasteiger partial charge in [-0.05, 0) is 39.0 Å². The Morgan fingerprint density at radius 3 is 2.76 bits per heavy atom. The monoisotopic (exact) mass is 537 g/mol. The van der Waals surface area contributed by atoms with E-state index in [-0.39, 0.29) is 24.0 Å². The second kappa shape index (κ2) is 12.9. The van der Waals surface area contributed by atoms with Crippen molar-refractivity contribution in [2.45, 2.75) is 57.8 Å². The summed E-state index contributed by atoms with van der Waals surface area (Å²) in [5.74, 6) is 0.982. The van der Waals surface area contributed by atoms with Crippen LogP contribution in [0.25, 0.3) is 0 Å². The number of thiazole rings is 1. The zero-order valence-corrected chi connectivity index (χ0v) is 21.1. The molecule has 1 atom stereocenters. The third kappa shape index (κ3) is 7.84. The molecular weight excluding hydrogens is 501 g/mol. The van der Waals surface area contributed by atoms with Gasteiger partial charge in [-0.15, -0.1) is 35.3 Å². The molecule has 3 heterocycles. The van der Waals surface area contributed by atoms with Crippen molar-refractivity contribution in [3.8, 4) is 0 Å². The topological polar surface area (TPSA) is 62.2 Å². The van der Waals surface area contributed by atoms with Crippen molar-refractivity contribution in [1.29, 1.82) is 0 Å². The van der Waals surface area contributed by atoms with Gasteiger partial charge < -0.3 is 24.6 Å². The van der Waals surface area contributed by atoms with E-state index in [0.717, 1.165) is 68.9 Å². The number of rotatable bonds is 7. The second-order valence-corrected chi connectivity index (χ2v) is 8.53. The van der Waals surface area contributed by atoms with E-state index in [2.05, 4.69) is 27.5 Å². The Hall–Kier alpha value is -0.650. The van der Waals surface area contributed by atoms with Gasteiger partial charge in [-0.1, -0.05) is 0 Å². The molecule has 0 spiro atoms. The van der Waals surface area contributed by atoms with Crippen molar-refractivity contribution in [3.05, 3.63) is 11.1 Å². The van der Waals surface area contributed by atoms with E-state index < -0.39 is 0 Å². The average Bonchev–Trinajstić information content (AvgIpc) is 3.20. The van der Waals surface area contributed by atoms with Gasteiger partial charge >= 0.3 is 0 Å². The molecule has 0 amide bonds. The van der Waals surface area contributed by atoms with Gasteiger partial charge in [0.15, 0.2) is 11.1 Å². The molecule has 9 heteroatoms. The highest BCUT2D eigenvalue weighted by Crippen LogP contribution is 2.20. The van der Waals surface area contributed by atoms with Crippen LogP contribution >= 0.6 is 35.3 Å². The molecule has 0 radical (unpaired) electrons. The molecule has 2 fully saturated rings. The maximum Gasteiger partial charge on any atom is 0.194 e. The molecule has 1 unspecified atom stereocenters. The summed E-state index contributed by atoms with van der Waals surface area (Å²) in [6.45, 7) is 7.18. The lowest BCUT2D eigenvalue weighted by atomic mass is 10.1. The predicted octanol–water partition coefficient (Wildman–Crippen LogP) is 3.34. The van der Waals surface area contributed by atoms with E-state index >= 15 is 0 Å². The lowest BCUT2D eigenvalue weighted by Crippen LogP contribution is -2.47. The third-order valence-corrected chi connectivity index (χ3v) is 6.24. The molecule has 1 aromatic heterocycles. The summed E-state index contributed by atoms with van der Waals surface area (Å²) in [6.07, 6.45) is 6.32. The van der Waals surface area contributed by atoms with E-state index in [9.17, 15) is 0 Å². The minimum atomic E-state index is 0. The quantitative estimate of drug-likeness (QED) is 0.327. The van der Waals surface area contributed by atoms with Crippen LogP contribution in [-0.2, 0) is 16.0 Å². The smallest absolute Gasteiger partial charge is 0.194 e. The van der Waals surface area contributed by atoms with Crippen molar-refractivity contribution in [3.63, 3.8) is 0 Å². The molecule has 1 aromatic rings. The maximum atomic E-state index is 6.14. The zero-order chi connectivity index (χ0) is 19.8. The number of piperidine rings is 1. The molecule has 3 rings (SSSR count). The molecule has 29 heavy (non-hydrogen) atoms. The minimum Gasteiger partial charge on any atom is -0.376 e. The van der Waals surface area contributed by atoms with Crippen LogP contribution in [0.1, 0.15) is 44.7 Å². The number of guanidine groups is 1. The van der Waals surface area contributed by atoms with Crippen LogP contribution in [-0.4, -0.2) is 75.0 Å². The molecule has 0 bridgehead atoms. The van der Waals surface area contributed by atoms with Crippen molar-refractivity contribution in [2.24, 2.45) is 4.99 Å². The summed E-state index contributed by atoms with van der Waals surface area (Å²) in [6, 6.07) is 0. The fraction of sp³-hybridized carbons (Fsp3) is 0.800. The zero-order valence-electron chi connectivity index (χ0n) is 17.9. The Balaban J connectivity index is 0.00000300.